The van der Waals surface area contributed by atoms with Crippen LogP contribution in [0.3, 0.4) is 0 Å². The highest BCUT2D eigenvalue weighted by Crippen LogP contribution is 2.52. The quantitative estimate of drug-likeness (QED) is 0.639. The molecule has 8 nitrogen and oxygen atoms in total. The number of nitrogens with zero attached hydrogens (tertiary/aromatic N) is 2. The molecule has 0 unspecified atom stereocenters. The van der Waals surface area contributed by atoms with E-state index >= 15 is 0 Å². The third kappa shape index (κ3) is 4.61. The van der Waals surface area contributed by atoms with Gasteiger partial charge in [0.25, 0.3) is 5.91 Å². The fourth-order valence-corrected chi connectivity index (χ4v) is 4.71. The SMILES string of the molecule is CC(=O)C12CCC(NC(=O)Nc3cc(C(=O)NCc4ccc(F)cc4)ncn3)(CC1)CC2. The molecule has 0 saturated heterocycles. The molecule has 32 heavy (non-hydrogen) atoms. The lowest BCUT2D eigenvalue weighted by Crippen LogP contribution is -2.58. The van der Waals surface area contributed by atoms with Gasteiger partial charge >= 0.3 is 6.03 Å². The Morgan fingerprint density at radius 2 is 1.66 bits per heavy atom. The normalized spacial score (nSPS) is 23.9. The van der Waals surface area contributed by atoms with Crippen molar-refractivity contribution in [3.05, 3.63) is 53.7 Å². The molecule has 0 atom stereocenters. The van der Waals surface area contributed by atoms with Crippen molar-refractivity contribution >= 4 is 23.5 Å². The number of ketones is 1. The number of nitrogens with one attached hydrogen (secondary N) is 3. The van der Waals surface area contributed by atoms with Gasteiger partial charge in [0.2, 0.25) is 0 Å². The zero-order valence-corrected chi connectivity index (χ0v) is 17.9. The fourth-order valence-electron chi connectivity index (χ4n) is 4.71. The van der Waals surface area contributed by atoms with Gasteiger partial charge in [-0.1, -0.05) is 12.1 Å². The number of fused-ring (bicyclic) bond motifs is 3. The third-order valence-electron chi connectivity index (χ3n) is 6.88. The van der Waals surface area contributed by atoms with Crippen LogP contribution >= 0.6 is 0 Å². The number of carbonyl (C=O) groups is 3. The highest BCUT2D eigenvalue weighted by molar-refractivity contribution is 5.94. The van der Waals surface area contributed by atoms with E-state index < -0.39 is 11.9 Å². The number of anilines is 1. The molecule has 3 saturated carbocycles. The van der Waals surface area contributed by atoms with Gasteiger partial charge in [0.1, 0.15) is 29.4 Å². The van der Waals surface area contributed by atoms with E-state index in [0.29, 0.717) is 0 Å². The molecule has 5 rings (SSSR count). The van der Waals surface area contributed by atoms with Crippen molar-refractivity contribution in [2.45, 2.75) is 57.5 Å². The summed E-state index contributed by atoms with van der Waals surface area (Å²) in [5, 5.41) is 8.46. The number of carbonyl (C=O) groups excluding carboxylic acids is 3. The van der Waals surface area contributed by atoms with E-state index in [1.807, 2.05) is 0 Å². The lowest BCUT2D eigenvalue weighted by molar-refractivity contribution is -0.133. The Labute approximate surface area is 185 Å². The molecule has 3 aliphatic rings. The second-order valence-electron chi connectivity index (χ2n) is 8.79. The molecule has 1 aromatic carbocycles. The lowest BCUT2D eigenvalue weighted by Gasteiger charge is -2.52. The molecule has 1 heterocycles. The average Bonchev–Trinajstić information content (AvgIpc) is 2.79. The summed E-state index contributed by atoms with van der Waals surface area (Å²) in [6, 6.07) is 6.83. The van der Waals surface area contributed by atoms with Crippen LogP contribution in [-0.2, 0) is 11.3 Å². The summed E-state index contributed by atoms with van der Waals surface area (Å²) in [6.45, 7) is 1.89. The monoisotopic (exact) mass is 439 g/mol. The first-order chi connectivity index (χ1) is 15.3. The van der Waals surface area contributed by atoms with Crippen LogP contribution < -0.4 is 16.0 Å². The summed E-state index contributed by atoms with van der Waals surface area (Å²) >= 11 is 0. The van der Waals surface area contributed by atoms with Gasteiger partial charge in [-0.05, 0) is 63.1 Å². The molecule has 0 radical (unpaired) electrons. The van der Waals surface area contributed by atoms with E-state index in [1.54, 1.807) is 19.1 Å². The zero-order valence-electron chi connectivity index (χ0n) is 17.9. The molecule has 1 aromatic heterocycles. The number of halogens is 1. The summed E-state index contributed by atoms with van der Waals surface area (Å²) < 4.78 is 13.0. The van der Waals surface area contributed by atoms with Crippen LogP contribution in [0.4, 0.5) is 15.0 Å². The Kier molecular flexibility index (Phi) is 5.90. The van der Waals surface area contributed by atoms with Gasteiger partial charge in [-0.2, -0.15) is 0 Å². The van der Waals surface area contributed by atoms with E-state index in [-0.39, 0.29) is 40.6 Å². The van der Waals surface area contributed by atoms with E-state index in [9.17, 15) is 18.8 Å². The molecule has 168 valence electrons. The number of hydrogen-bond acceptors (Lipinski definition) is 5. The second kappa shape index (κ2) is 8.64. The van der Waals surface area contributed by atoms with Gasteiger partial charge in [0, 0.05) is 23.6 Å². The van der Waals surface area contributed by atoms with Crippen molar-refractivity contribution < 1.29 is 18.8 Å². The van der Waals surface area contributed by atoms with Crippen LogP contribution in [-0.4, -0.2) is 33.2 Å². The van der Waals surface area contributed by atoms with Crippen LogP contribution in [0.2, 0.25) is 0 Å². The van der Waals surface area contributed by atoms with Crippen molar-refractivity contribution in [3.63, 3.8) is 0 Å². The molecule has 2 aromatic rings. The van der Waals surface area contributed by atoms with Gasteiger partial charge in [0.05, 0.1) is 0 Å². The first-order valence-corrected chi connectivity index (χ1v) is 10.7. The van der Waals surface area contributed by atoms with Gasteiger partial charge < -0.3 is 10.6 Å². The predicted octanol–water partition coefficient (Wildman–Crippen LogP) is 3.35. The maximum atomic E-state index is 13.0. The molecule has 3 N–H and O–H groups in total. The lowest BCUT2D eigenvalue weighted by atomic mass is 9.56. The number of urea groups is 1. The maximum absolute atomic E-state index is 13.0. The van der Waals surface area contributed by atoms with Crippen LogP contribution in [0.1, 0.15) is 61.5 Å². The van der Waals surface area contributed by atoms with E-state index in [1.165, 1.54) is 24.5 Å². The molecule has 0 aliphatic heterocycles. The Hall–Kier alpha value is -3.36. The number of benzene rings is 1. The molecule has 3 aliphatic carbocycles. The predicted molar refractivity (Wildman–Crippen MR) is 115 cm³/mol. The smallest absolute Gasteiger partial charge is 0.320 e. The van der Waals surface area contributed by atoms with Gasteiger partial charge in [-0.25, -0.2) is 19.2 Å². The standard InChI is InChI=1S/C23H26FN5O3/c1-15(30)22-6-9-23(10-7-22,11-8-22)29-21(32)28-19-12-18(26-14-27-19)20(31)25-13-16-2-4-17(24)5-3-16/h2-5,12,14H,6-11,13H2,1H3,(H,25,31)(H2,26,27,28,29,32). The van der Waals surface area contributed by atoms with Crippen LogP contribution in [0.15, 0.2) is 36.7 Å². The Balaban J connectivity index is 1.32. The third-order valence-corrected chi connectivity index (χ3v) is 6.88. The first-order valence-electron chi connectivity index (χ1n) is 10.7. The van der Waals surface area contributed by atoms with E-state index in [4.69, 9.17) is 0 Å². The van der Waals surface area contributed by atoms with Crippen LogP contribution in [0, 0.1) is 11.2 Å². The minimum Gasteiger partial charge on any atom is -0.347 e. The van der Waals surface area contributed by atoms with Gasteiger partial charge in [0.15, 0.2) is 0 Å². The second-order valence-corrected chi connectivity index (χ2v) is 8.79. The van der Waals surface area contributed by atoms with Crippen molar-refractivity contribution in [2.75, 3.05) is 5.32 Å². The molecule has 3 fully saturated rings. The summed E-state index contributed by atoms with van der Waals surface area (Å²) in [4.78, 5) is 45.0. The van der Waals surface area contributed by atoms with E-state index in [0.717, 1.165) is 44.1 Å². The Bertz CT molecular complexity index is 1020. The number of Topliss-reactive ketones (excluding diaryl/α,β-unsaturated/α-hetero) is 1. The highest BCUT2D eigenvalue weighted by atomic mass is 19.1. The number of rotatable bonds is 6. The molecular weight excluding hydrogens is 413 g/mol. The zero-order chi connectivity index (χ0) is 22.8. The van der Waals surface area contributed by atoms with Gasteiger partial charge in [-0.15, -0.1) is 0 Å². The molecule has 9 heteroatoms. The largest absolute Gasteiger partial charge is 0.347 e. The van der Waals surface area contributed by atoms with Crippen molar-refractivity contribution in [3.8, 4) is 0 Å². The number of amides is 3. The first kappa shape index (κ1) is 21.9. The van der Waals surface area contributed by atoms with Crippen molar-refractivity contribution in [1.82, 2.24) is 20.6 Å². The van der Waals surface area contributed by atoms with Gasteiger partial charge in [-0.3, -0.25) is 14.9 Å². The summed E-state index contributed by atoms with van der Waals surface area (Å²) in [5.41, 5.74) is 0.351. The maximum Gasteiger partial charge on any atom is 0.320 e. The number of aromatic nitrogens is 2. The van der Waals surface area contributed by atoms with Crippen LogP contribution in [0.25, 0.3) is 0 Å². The molecule has 3 amide bonds. The Morgan fingerprint density at radius 3 is 2.28 bits per heavy atom. The summed E-state index contributed by atoms with van der Waals surface area (Å²) in [5.74, 6) is -0.310. The molecular formula is C23H26FN5O3. The summed E-state index contributed by atoms with van der Waals surface area (Å²) in [6.07, 6.45) is 5.95. The highest BCUT2D eigenvalue weighted by Gasteiger charge is 2.51. The Morgan fingerprint density at radius 1 is 1.00 bits per heavy atom. The summed E-state index contributed by atoms with van der Waals surface area (Å²) in [7, 11) is 0. The minimum atomic E-state index is -0.432. The minimum absolute atomic E-state index is 0.108. The number of hydrogen-bond donors (Lipinski definition) is 3. The van der Waals surface area contributed by atoms with E-state index in [2.05, 4.69) is 25.9 Å². The topological polar surface area (TPSA) is 113 Å². The van der Waals surface area contributed by atoms with Crippen molar-refractivity contribution in [2.24, 2.45) is 5.41 Å². The van der Waals surface area contributed by atoms with Crippen LogP contribution in [0.5, 0.6) is 0 Å². The molecule has 2 bridgehead atoms. The average molecular weight is 439 g/mol. The van der Waals surface area contributed by atoms with Crippen molar-refractivity contribution in [1.29, 1.82) is 0 Å². The fraction of sp³-hybridized carbons (Fsp3) is 0.435. The molecule has 0 spiro atoms.